The lowest BCUT2D eigenvalue weighted by atomic mass is 10.0. The lowest BCUT2D eigenvalue weighted by Crippen LogP contribution is -2.35. The molecular formula is C10H13Cl2N3. The average molecular weight is 246 g/mol. The SMILES string of the molecule is CCN1Cc2c(Cl)nc(Cl)nc2C1(C)C. The Morgan fingerprint density at radius 1 is 1.33 bits per heavy atom. The molecule has 0 saturated heterocycles. The molecule has 0 N–H and O–H groups in total. The molecule has 1 aromatic rings. The fourth-order valence-corrected chi connectivity index (χ4v) is 2.56. The van der Waals surface area contributed by atoms with E-state index in [1.807, 2.05) is 0 Å². The van der Waals surface area contributed by atoms with Gasteiger partial charge < -0.3 is 0 Å². The summed E-state index contributed by atoms with van der Waals surface area (Å²) in [6, 6.07) is 0. The molecule has 0 amide bonds. The van der Waals surface area contributed by atoms with E-state index in [1.165, 1.54) is 0 Å². The van der Waals surface area contributed by atoms with Crippen molar-refractivity contribution >= 4 is 23.2 Å². The molecule has 1 aliphatic heterocycles. The molecule has 1 aliphatic rings. The number of hydrogen-bond acceptors (Lipinski definition) is 3. The van der Waals surface area contributed by atoms with Gasteiger partial charge in [-0.15, -0.1) is 0 Å². The number of rotatable bonds is 1. The number of nitrogens with zero attached hydrogens (tertiary/aromatic N) is 3. The van der Waals surface area contributed by atoms with E-state index in [4.69, 9.17) is 23.2 Å². The van der Waals surface area contributed by atoms with Crippen molar-refractivity contribution < 1.29 is 0 Å². The highest BCUT2D eigenvalue weighted by atomic mass is 35.5. The Labute approximate surface area is 99.4 Å². The first-order chi connectivity index (χ1) is 6.96. The second kappa shape index (κ2) is 3.58. The van der Waals surface area contributed by atoms with Gasteiger partial charge in [-0.1, -0.05) is 18.5 Å². The van der Waals surface area contributed by atoms with Crippen LogP contribution >= 0.6 is 23.2 Å². The molecule has 0 bridgehead atoms. The van der Waals surface area contributed by atoms with E-state index in [-0.39, 0.29) is 10.8 Å². The van der Waals surface area contributed by atoms with Gasteiger partial charge in [-0.25, -0.2) is 9.97 Å². The van der Waals surface area contributed by atoms with E-state index in [1.54, 1.807) is 0 Å². The largest absolute Gasteiger partial charge is 0.288 e. The Kier molecular flexibility index (Phi) is 2.65. The minimum absolute atomic E-state index is 0.111. The predicted octanol–water partition coefficient (Wildman–Crippen LogP) is 2.85. The molecule has 0 spiro atoms. The average Bonchev–Trinajstić information content (AvgIpc) is 2.39. The van der Waals surface area contributed by atoms with Crippen LogP contribution in [0.3, 0.4) is 0 Å². The van der Waals surface area contributed by atoms with E-state index in [0.29, 0.717) is 5.15 Å². The smallest absolute Gasteiger partial charge is 0.224 e. The lowest BCUT2D eigenvalue weighted by molar-refractivity contribution is 0.143. The maximum atomic E-state index is 6.06. The van der Waals surface area contributed by atoms with Crippen molar-refractivity contribution in [2.24, 2.45) is 0 Å². The zero-order chi connectivity index (χ0) is 11.2. The van der Waals surface area contributed by atoms with Crippen LogP contribution in [0.25, 0.3) is 0 Å². The molecule has 0 unspecified atom stereocenters. The lowest BCUT2D eigenvalue weighted by Gasteiger charge is -2.30. The van der Waals surface area contributed by atoms with Crippen molar-refractivity contribution in [3.63, 3.8) is 0 Å². The maximum Gasteiger partial charge on any atom is 0.224 e. The summed E-state index contributed by atoms with van der Waals surface area (Å²) < 4.78 is 0. The Hall–Kier alpha value is -0.380. The Morgan fingerprint density at radius 3 is 2.60 bits per heavy atom. The summed E-state index contributed by atoms with van der Waals surface area (Å²) in [4.78, 5) is 10.6. The number of halogens is 2. The summed E-state index contributed by atoms with van der Waals surface area (Å²) in [6.07, 6.45) is 0. The quantitative estimate of drug-likeness (QED) is 0.563. The van der Waals surface area contributed by atoms with E-state index < -0.39 is 0 Å². The summed E-state index contributed by atoms with van der Waals surface area (Å²) in [5, 5.41) is 0.707. The zero-order valence-corrected chi connectivity index (χ0v) is 10.5. The first kappa shape index (κ1) is 11.1. The minimum Gasteiger partial charge on any atom is -0.288 e. The number of aromatic nitrogens is 2. The van der Waals surface area contributed by atoms with Crippen LogP contribution in [0.15, 0.2) is 0 Å². The highest BCUT2D eigenvalue weighted by Gasteiger charge is 2.39. The van der Waals surface area contributed by atoms with Gasteiger partial charge in [0.1, 0.15) is 5.15 Å². The fourth-order valence-electron chi connectivity index (χ4n) is 2.12. The maximum absolute atomic E-state index is 6.06. The van der Waals surface area contributed by atoms with Gasteiger partial charge in [0, 0.05) is 12.1 Å². The van der Waals surface area contributed by atoms with E-state index in [9.17, 15) is 0 Å². The van der Waals surface area contributed by atoms with Crippen LogP contribution in [0.1, 0.15) is 32.0 Å². The summed E-state index contributed by atoms with van der Waals surface area (Å²) in [6.45, 7) is 8.13. The molecule has 2 rings (SSSR count). The second-order valence-electron chi connectivity index (χ2n) is 4.18. The van der Waals surface area contributed by atoms with Gasteiger partial charge in [-0.3, -0.25) is 4.90 Å². The molecule has 5 heteroatoms. The molecule has 0 atom stereocenters. The monoisotopic (exact) mass is 245 g/mol. The van der Waals surface area contributed by atoms with E-state index in [2.05, 4.69) is 35.6 Å². The molecule has 0 saturated carbocycles. The van der Waals surface area contributed by atoms with Crippen LogP contribution in [-0.4, -0.2) is 21.4 Å². The summed E-state index contributed by atoms with van der Waals surface area (Å²) in [5.41, 5.74) is 1.85. The Bertz CT molecular complexity index is 404. The third-order valence-corrected chi connectivity index (χ3v) is 3.51. The molecule has 2 heterocycles. The van der Waals surface area contributed by atoms with Gasteiger partial charge in [0.25, 0.3) is 0 Å². The van der Waals surface area contributed by atoms with Crippen molar-refractivity contribution in [1.82, 2.24) is 14.9 Å². The molecular weight excluding hydrogens is 233 g/mol. The number of hydrogen-bond donors (Lipinski definition) is 0. The summed E-state index contributed by atoms with van der Waals surface area (Å²) in [5.74, 6) is 0. The molecule has 3 nitrogen and oxygen atoms in total. The van der Waals surface area contributed by atoms with Gasteiger partial charge in [-0.05, 0) is 32.0 Å². The highest BCUT2D eigenvalue weighted by molar-refractivity contribution is 6.32. The molecule has 0 radical (unpaired) electrons. The fraction of sp³-hybridized carbons (Fsp3) is 0.600. The van der Waals surface area contributed by atoms with Crippen LogP contribution in [0.2, 0.25) is 10.4 Å². The van der Waals surface area contributed by atoms with Crippen molar-refractivity contribution in [1.29, 1.82) is 0 Å². The molecule has 1 aromatic heterocycles. The Morgan fingerprint density at radius 2 is 2.00 bits per heavy atom. The summed E-state index contributed by atoms with van der Waals surface area (Å²) in [7, 11) is 0. The second-order valence-corrected chi connectivity index (χ2v) is 4.88. The molecule has 0 aromatic carbocycles. The topological polar surface area (TPSA) is 29.0 Å². The van der Waals surface area contributed by atoms with Crippen molar-refractivity contribution in [3.8, 4) is 0 Å². The molecule has 0 fully saturated rings. The molecule has 82 valence electrons. The van der Waals surface area contributed by atoms with Crippen molar-refractivity contribution in [3.05, 3.63) is 21.7 Å². The van der Waals surface area contributed by atoms with Gasteiger partial charge >= 0.3 is 0 Å². The highest BCUT2D eigenvalue weighted by Crippen LogP contribution is 2.39. The third kappa shape index (κ3) is 1.63. The standard InChI is InChI=1S/C10H13Cl2N3/c1-4-15-5-6-7(10(15,2)3)13-9(12)14-8(6)11/h4-5H2,1-3H3. The number of fused-ring (bicyclic) bond motifs is 1. The van der Waals surface area contributed by atoms with Crippen molar-refractivity contribution in [2.45, 2.75) is 32.9 Å². The van der Waals surface area contributed by atoms with Gasteiger partial charge in [-0.2, -0.15) is 0 Å². The van der Waals surface area contributed by atoms with E-state index >= 15 is 0 Å². The zero-order valence-electron chi connectivity index (χ0n) is 9.01. The van der Waals surface area contributed by atoms with Gasteiger partial charge in [0.15, 0.2) is 0 Å². The van der Waals surface area contributed by atoms with Crippen molar-refractivity contribution in [2.75, 3.05) is 6.54 Å². The first-order valence-corrected chi connectivity index (χ1v) is 5.70. The van der Waals surface area contributed by atoms with Crippen LogP contribution in [0.4, 0.5) is 0 Å². The van der Waals surface area contributed by atoms with Crippen LogP contribution in [0, 0.1) is 0 Å². The third-order valence-electron chi connectivity index (χ3n) is 3.03. The van der Waals surface area contributed by atoms with Crippen LogP contribution in [-0.2, 0) is 12.1 Å². The Balaban J connectivity index is 2.58. The molecule has 0 aliphatic carbocycles. The predicted molar refractivity (Wildman–Crippen MR) is 61.2 cm³/mol. The van der Waals surface area contributed by atoms with Crippen LogP contribution < -0.4 is 0 Å². The van der Waals surface area contributed by atoms with Gasteiger partial charge in [0.05, 0.1) is 11.2 Å². The van der Waals surface area contributed by atoms with Gasteiger partial charge in [0.2, 0.25) is 5.28 Å². The minimum atomic E-state index is -0.111. The van der Waals surface area contributed by atoms with Crippen LogP contribution in [0.5, 0.6) is 0 Å². The summed E-state index contributed by atoms with van der Waals surface area (Å²) >= 11 is 11.9. The van der Waals surface area contributed by atoms with E-state index in [0.717, 1.165) is 24.3 Å². The molecule has 15 heavy (non-hydrogen) atoms. The first-order valence-electron chi connectivity index (χ1n) is 4.94. The normalized spacial score (nSPS) is 19.3.